The summed E-state index contributed by atoms with van der Waals surface area (Å²) in [4.78, 5) is 41.2. The second-order valence-electron chi connectivity index (χ2n) is 8.70. The van der Waals surface area contributed by atoms with Crippen LogP contribution in [0.25, 0.3) is 0 Å². The standard InChI is InChI=1S/C26H28FN3O4S/c1-16-9-11-19(14-20(16)27)30(23(31)15-28-25(32)22-8-5-13-35-22)24(21-12-10-17(2)34-21)26(33)29-18-6-3-4-7-18/h5,8-14,18,24H,3-4,6-7,15H2,1-2H3,(H,28,32)(H,29,33)/t24-/m0/s1. The number of carbonyl (C=O) groups is 3. The number of rotatable bonds is 8. The van der Waals surface area contributed by atoms with Crippen LogP contribution in [0.5, 0.6) is 0 Å². The molecule has 184 valence electrons. The normalized spacial score (nSPS) is 14.5. The third-order valence-electron chi connectivity index (χ3n) is 6.09. The number of carbonyl (C=O) groups excluding carboxylic acids is 3. The van der Waals surface area contributed by atoms with Crippen LogP contribution in [0.3, 0.4) is 0 Å². The molecule has 2 heterocycles. The van der Waals surface area contributed by atoms with Crippen molar-refractivity contribution in [1.29, 1.82) is 0 Å². The van der Waals surface area contributed by atoms with Crippen molar-refractivity contribution in [3.05, 3.63) is 75.6 Å². The first-order valence-electron chi connectivity index (χ1n) is 11.6. The highest BCUT2D eigenvalue weighted by molar-refractivity contribution is 7.12. The predicted molar refractivity (Wildman–Crippen MR) is 132 cm³/mol. The molecule has 0 unspecified atom stereocenters. The Labute approximate surface area is 207 Å². The average molecular weight is 498 g/mol. The fourth-order valence-corrected chi connectivity index (χ4v) is 4.87. The van der Waals surface area contributed by atoms with Gasteiger partial charge in [-0.05, 0) is 68.0 Å². The highest BCUT2D eigenvalue weighted by Crippen LogP contribution is 2.31. The minimum Gasteiger partial charge on any atom is -0.464 e. The number of thiophene rings is 1. The lowest BCUT2D eigenvalue weighted by Crippen LogP contribution is -2.49. The van der Waals surface area contributed by atoms with Gasteiger partial charge >= 0.3 is 0 Å². The zero-order valence-electron chi connectivity index (χ0n) is 19.7. The molecule has 1 saturated carbocycles. The summed E-state index contributed by atoms with van der Waals surface area (Å²) >= 11 is 1.25. The van der Waals surface area contributed by atoms with Crippen LogP contribution in [0, 0.1) is 19.7 Å². The first-order chi connectivity index (χ1) is 16.8. The van der Waals surface area contributed by atoms with E-state index in [1.54, 1.807) is 55.6 Å². The van der Waals surface area contributed by atoms with Crippen molar-refractivity contribution in [1.82, 2.24) is 10.6 Å². The van der Waals surface area contributed by atoms with Gasteiger partial charge in [-0.25, -0.2) is 4.39 Å². The number of hydrogen-bond acceptors (Lipinski definition) is 5. The molecule has 0 radical (unpaired) electrons. The fraction of sp³-hybridized carbons (Fsp3) is 0.346. The lowest BCUT2D eigenvalue weighted by Gasteiger charge is -2.31. The van der Waals surface area contributed by atoms with E-state index in [2.05, 4.69) is 10.6 Å². The number of nitrogens with one attached hydrogen (secondary N) is 2. The van der Waals surface area contributed by atoms with E-state index >= 15 is 0 Å². The summed E-state index contributed by atoms with van der Waals surface area (Å²) in [6, 6.07) is 9.94. The van der Waals surface area contributed by atoms with Gasteiger partial charge in [-0.15, -0.1) is 11.3 Å². The van der Waals surface area contributed by atoms with E-state index in [1.165, 1.54) is 22.3 Å². The minimum absolute atomic E-state index is 0.00583. The molecular weight excluding hydrogens is 469 g/mol. The summed E-state index contributed by atoms with van der Waals surface area (Å²) in [6.07, 6.45) is 3.77. The van der Waals surface area contributed by atoms with Crippen LogP contribution in [0.1, 0.15) is 58.5 Å². The molecule has 1 fully saturated rings. The highest BCUT2D eigenvalue weighted by atomic mass is 32.1. The Balaban J connectivity index is 1.68. The number of hydrogen-bond donors (Lipinski definition) is 2. The van der Waals surface area contributed by atoms with Gasteiger partial charge in [0.15, 0.2) is 6.04 Å². The van der Waals surface area contributed by atoms with Crippen LogP contribution in [-0.4, -0.2) is 30.3 Å². The highest BCUT2D eigenvalue weighted by Gasteiger charge is 2.36. The van der Waals surface area contributed by atoms with E-state index in [0.29, 0.717) is 16.2 Å². The molecule has 0 spiro atoms. The van der Waals surface area contributed by atoms with Gasteiger partial charge in [0, 0.05) is 11.7 Å². The van der Waals surface area contributed by atoms with Gasteiger partial charge in [-0.3, -0.25) is 19.3 Å². The van der Waals surface area contributed by atoms with Crippen LogP contribution in [-0.2, 0) is 9.59 Å². The molecule has 3 aromatic rings. The zero-order chi connectivity index (χ0) is 24.9. The molecule has 1 aliphatic carbocycles. The second-order valence-corrected chi connectivity index (χ2v) is 9.65. The Kier molecular flexibility index (Phi) is 7.65. The second kappa shape index (κ2) is 10.9. The van der Waals surface area contributed by atoms with Gasteiger partial charge in [0.05, 0.1) is 11.4 Å². The molecule has 0 bridgehead atoms. The lowest BCUT2D eigenvalue weighted by molar-refractivity contribution is -0.127. The topological polar surface area (TPSA) is 91.7 Å². The van der Waals surface area contributed by atoms with Crippen molar-refractivity contribution in [3.63, 3.8) is 0 Å². The molecule has 3 amide bonds. The number of nitrogens with zero attached hydrogens (tertiary/aromatic N) is 1. The molecule has 1 atom stereocenters. The Morgan fingerprint density at radius 1 is 1.14 bits per heavy atom. The number of aryl methyl sites for hydroxylation is 2. The SMILES string of the molecule is Cc1ccc([C@@H](C(=O)NC2CCCC2)N(C(=O)CNC(=O)c2cccs2)c2ccc(C)c(F)c2)o1. The average Bonchev–Trinajstić information content (AvgIpc) is 3.61. The Morgan fingerprint density at radius 3 is 2.54 bits per heavy atom. The minimum atomic E-state index is -1.17. The number of halogens is 1. The van der Waals surface area contributed by atoms with Crippen LogP contribution in [0.15, 0.2) is 52.3 Å². The largest absolute Gasteiger partial charge is 0.464 e. The van der Waals surface area contributed by atoms with Gasteiger partial charge in [-0.2, -0.15) is 0 Å². The van der Waals surface area contributed by atoms with Crippen molar-refractivity contribution in [2.75, 3.05) is 11.4 Å². The molecule has 0 aliphatic heterocycles. The molecule has 2 aromatic heterocycles. The molecule has 0 saturated heterocycles. The molecule has 1 aromatic carbocycles. The third kappa shape index (κ3) is 5.79. The number of benzene rings is 1. The van der Waals surface area contributed by atoms with Crippen LogP contribution in [0.2, 0.25) is 0 Å². The maximum Gasteiger partial charge on any atom is 0.261 e. The molecule has 4 rings (SSSR count). The number of anilines is 1. The maximum absolute atomic E-state index is 14.6. The van der Waals surface area contributed by atoms with Crippen LogP contribution in [0.4, 0.5) is 10.1 Å². The van der Waals surface area contributed by atoms with Crippen molar-refractivity contribution < 1.29 is 23.2 Å². The smallest absolute Gasteiger partial charge is 0.261 e. The summed E-state index contributed by atoms with van der Waals surface area (Å²) in [5, 5.41) is 7.41. The number of furan rings is 1. The summed E-state index contributed by atoms with van der Waals surface area (Å²) in [5.41, 5.74) is 0.608. The molecule has 2 N–H and O–H groups in total. The van der Waals surface area contributed by atoms with Gasteiger partial charge in [-0.1, -0.05) is 25.0 Å². The Hall–Kier alpha value is -3.46. The van der Waals surface area contributed by atoms with Gasteiger partial charge < -0.3 is 15.1 Å². The van der Waals surface area contributed by atoms with Gasteiger partial charge in [0.1, 0.15) is 17.3 Å². The van der Waals surface area contributed by atoms with Crippen molar-refractivity contribution in [2.24, 2.45) is 0 Å². The van der Waals surface area contributed by atoms with E-state index in [1.807, 2.05) is 0 Å². The third-order valence-corrected chi connectivity index (χ3v) is 6.95. The van der Waals surface area contributed by atoms with Crippen molar-refractivity contribution in [2.45, 2.75) is 51.6 Å². The summed E-state index contributed by atoms with van der Waals surface area (Å²) in [5.74, 6) is -1.05. The van der Waals surface area contributed by atoms with E-state index in [-0.39, 0.29) is 24.0 Å². The summed E-state index contributed by atoms with van der Waals surface area (Å²) in [7, 11) is 0. The van der Waals surface area contributed by atoms with E-state index < -0.39 is 29.6 Å². The summed E-state index contributed by atoms with van der Waals surface area (Å²) < 4.78 is 20.4. The first kappa shape index (κ1) is 24.7. The van der Waals surface area contributed by atoms with E-state index in [4.69, 9.17) is 4.42 Å². The monoisotopic (exact) mass is 497 g/mol. The molecule has 1 aliphatic rings. The van der Waals surface area contributed by atoms with Crippen molar-refractivity contribution in [3.8, 4) is 0 Å². The number of amides is 3. The fourth-order valence-electron chi connectivity index (χ4n) is 4.23. The predicted octanol–water partition coefficient (Wildman–Crippen LogP) is 4.66. The van der Waals surface area contributed by atoms with Gasteiger partial charge in [0.2, 0.25) is 5.91 Å². The van der Waals surface area contributed by atoms with Crippen LogP contribution >= 0.6 is 11.3 Å². The first-order valence-corrected chi connectivity index (χ1v) is 12.5. The molecular formula is C26H28FN3O4S. The summed E-state index contributed by atoms with van der Waals surface area (Å²) in [6.45, 7) is 2.99. The van der Waals surface area contributed by atoms with Crippen LogP contribution < -0.4 is 15.5 Å². The maximum atomic E-state index is 14.6. The van der Waals surface area contributed by atoms with Crippen molar-refractivity contribution >= 4 is 34.7 Å². The quantitative estimate of drug-likeness (QED) is 0.474. The Bertz CT molecular complexity index is 1200. The van der Waals surface area contributed by atoms with E-state index in [0.717, 1.165) is 25.7 Å². The molecule has 9 heteroatoms. The Morgan fingerprint density at radius 2 is 1.91 bits per heavy atom. The molecule has 7 nitrogen and oxygen atoms in total. The zero-order valence-corrected chi connectivity index (χ0v) is 20.5. The van der Waals surface area contributed by atoms with E-state index in [9.17, 15) is 18.8 Å². The van der Waals surface area contributed by atoms with Gasteiger partial charge in [0.25, 0.3) is 11.8 Å². The molecule has 35 heavy (non-hydrogen) atoms. The lowest BCUT2D eigenvalue weighted by atomic mass is 10.1.